The Morgan fingerprint density at radius 1 is 0.478 bits per heavy atom. The van der Waals surface area contributed by atoms with Gasteiger partial charge in [-0.3, -0.25) is 0 Å². The first-order valence-corrected chi connectivity index (χ1v) is 16.9. The maximum absolute atomic E-state index is 3.60. The molecule has 10 rings (SSSR count). The Kier molecular flexibility index (Phi) is 0.516. The average Bonchev–Trinajstić information content (AvgIpc) is 3.54. The predicted octanol–water partition coefficient (Wildman–Crippen LogP) is 8.06. The van der Waals surface area contributed by atoms with E-state index < -0.39 is 6.51 Å². The summed E-state index contributed by atoms with van der Waals surface area (Å²) in [6, 6.07) is 0. The molecule has 0 radical (unpaired) electrons. The number of hydrogen-bond acceptors (Lipinski definition) is 0. The average molecular weight is 354 g/mol. The van der Waals surface area contributed by atoms with Gasteiger partial charge in [0.25, 0.3) is 0 Å². The minimum atomic E-state index is -3.60. The second-order valence-electron chi connectivity index (χ2n) is 13.1. The molecule has 23 heavy (non-hydrogen) atoms. The molecule has 0 aromatic rings. The molecule has 8 unspecified atom stereocenters. The van der Waals surface area contributed by atoms with Crippen molar-refractivity contribution < 1.29 is 6.51 Å². The summed E-state index contributed by atoms with van der Waals surface area (Å²) in [6.07, 6.45) is 9.81. The van der Waals surface area contributed by atoms with Gasteiger partial charge in [0, 0.05) is 0 Å². The Morgan fingerprint density at radius 3 is 0.913 bits per heavy atom. The predicted molar refractivity (Wildman–Crippen MR) is 92.9 cm³/mol. The van der Waals surface area contributed by atoms with Gasteiger partial charge in [0.1, 0.15) is 0 Å². The third-order valence-electron chi connectivity index (χ3n) is 20.4. The first kappa shape index (κ1) is 11.3. The van der Waals surface area contributed by atoms with Crippen molar-refractivity contribution in [1.29, 1.82) is 0 Å². The van der Waals surface area contributed by atoms with Gasteiger partial charge < -0.3 is 0 Å². The SMILES string of the molecule is CC[C]12[CH]3[CH]4[C]5(CC)[C]1(CC)[Fe]34251678[CH]2[CH]1[C]6(CC)[C]7(CC)[C]28CC. The van der Waals surface area contributed by atoms with Crippen LogP contribution in [0.25, 0.3) is 0 Å². The Bertz CT molecular complexity index is 1070. The van der Waals surface area contributed by atoms with Gasteiger partial charge in [-0.25, -0.2) is 0 Å². The molecule has 0 saturated carbocycles. The molecule has 10 saturated heterocycles. The van der Waals surface area contributed by atoms with Crippen LogP contribution in [0, 0.1) is 0 Å². The van der Waals surface area contributed by atoms with Gasteiger partial charge in [-0.05, 0) is 0 Å². The van der Waals surface area contributed by atoms with Crippen LogP contribution >= 0.6 is 0 Å². The Hall–Kier alpha value is 0.519. The molecule has 1 spiro atoms. The molecule has 10 aliphatic heterocycles. The van der Waals surface area contributed by atoms with Crippen molar-refractivity contribution in [2.45, 2.75) is 125 Å². The van der Waals surface area contributed by atoms with Crippen molar-refractivity contribution in [2.75, 3.05) is 0 Å². The minimum absolute atomic E-state index is 1.02. The summed E-state index contributed by atoms with van der Waals surface area (Å²) in [4.78, 5) is 5.65. The van der Waals surface area contributed by atoms with Crippen molar-refractivity contribution in [2.24, 2.45) is 0 Å². The number of hydrogen-bond donors (Lipinski definition) is 0. The molecule has 0 nitrogen and oxygen atoms in total. The van der Waals surface area contributed by atoms with Crippen molar-refractivity contribution >= 4 is 0 Å². The second kappa shape index (κ2) is 1.05. The third-order valence-corrected chi connectivity index (χ3v) is 69.3. The molecule has 0 aliphatic carbocycles. The van der Waals surface area contributed by atoms with Crippen LogP contribution in [0.5, 0.6) is 0 Å². The Balaban J connectivity index is 1.66. The van der Waals surface area contributed by atoms with Crippen LogP contribution in [-0.4, -0.2) is 0 Å². The van der Waals surface area contributed by atoms with Gasteiger partial charge in [-0.1, -0.05) is 0 Å². The molecular weight excluding hydrogens is 320 g/mol. The maximum atomic E-state index is 2.69. The summed E-state index contributed by atoms with van der Waals surface area (Å²) in [5.74, 6) is 0. The summed E-state index contributed by atoms with van der Waals surface area (Å²) in [7, 11) is 0. The Morgan fingerprint density at radius 2 is 0.739 bits per heavy atom. The zero-order valence-electron chi connectivity index (χ0n) is 15.9. The molecule has 10 fully saturated rings. The molecule has 0 amide bonds. The third kappa shape index (κ3) is 0.105. The summed E-state index contributed by atoms with van der Waals surface area (Å²) in [6.45, 7) is 12.5. The fourth-order valence-corrected chi connectivity index (χ4v) is 120. The van der Waals surface area contributed by atoms with Gasteiger partial charge in [-0.2, -0.15) is 0 Å². The van der Waals surface area contributed by atoms with E-state index in [-0.39, 0.29) is 0 Å². The molecule has 1 heteroatoms. The quantitative estimate of drug-likeness (QED) is 0.423. The van der Waals surface area contributed by atoms with E-state index in [1.54, 1.807) is 38.5 Å². The van der Waals surface area contributed by atoms with E-state index in [2.05, 4.69) is 41.5 Å². The van der Waals surface area contributed by atoms with E-state index in [1.165, 1.54) is 19.3 Å². The van der Waals surface area contributed by atoms with Gasteiger partial charge in [0.2, 0.25) is 0 Å². The van der Waals surface area contributed by atoms with E-state index in [0.717, 1.165) is 25.9 Å². The molecule has 0 aromatic heterocycles. The van der Waals surface area contributed by atoms with E-state index in [1.807, 2.05) is 0 Å². The monoisotopic (exact) mass is 354 g/mol. The molecule has 0 aromatic carbocycles. The van der Waals surface area contributed by atoms with Crippen molar-refractivity contribution in [3.63, 3.8) is 0 Å². The molecule has 130 valence electrons. The number of rotatable bonds is 6. The van der Waals surface area contributed by atoms with E-state index in [9.17, 15) is 0 Å². The van der Waals surface area contributed by atoms with E-state index in [0.29, 0.717) is 0 Å². The van der Waals surface area contributed by atoms with Crippen LogP contribution in [-0.2, 0) is 6.51 Å². The normalized spacial score (nSPS) is 108. The summed E-state index contributed by atoms with van der Waals surface area (Å²) < 4.78 is 6.18. The topological polar surface area (TPSA) is 0 Å². The summed E-state index contributed by atoms with van der Waals surface area (Å²) in [5, 5.41) is 0. The number of fused-ring (bicyclic) bond motifs is 10. The second-order valence-corrected chi connectivity index (χ2v) is 35.6. The van der Waals surface area contributed by atoms with Crippen LogP contribution in [0.1, 0.15) is 80.1 Å². The zero-order chi connectivity index (χ0) is 15.9. The molecule has 8 atom stereocenters. The van der Waals surface area contributed by atoms with Gasteiger partial charge >= 0.3 is 132 Å². The zero-order valence-corrected chi connectivity index (χ0v) is 17.0. The van der Waals surface area contributed by atoms with E-state index >= 15 is 0 Å². The first-order chi connectivity index (χ1) is 10.9. The van der Waals surface area contributed by atoms with Crippen LogP contribution in [0.2, 0.25) is 45.1 Å². The van der Waals surface area contributed by atoms with Crippen LogP contribution < -0.4 is 0 Å². The fraction of sp³-hybridized carbons (Fsp3) is 1.00. The molecule has 10 aliphatic rings. The van der Waals surface area contributed by atoms with Crippen molar-refractivity contribution in [1.82, 2.24) is 0 Å². The molecular formula is C22H34Fe. The van der Waals surface area contributed by atoms with Crippen LogP contribution in [0.15, 0.2) is 0 Å². The summed E-state index contributed by atoms with van der Waals surface area (Å²) >= 11 is 0. The van der Waals surface area contributed by atoms with Crippen molar-refractivity contribution in [3.8, 4) is 0 Å². The molecule has 10 heterocycles. The van der Waals surface area contributed by atoms with E-state index in [4.69, 9.17) is 0 Å². The standard InChI is InChI=1S/2C11H17.Fe/c2*1-4-9-7-8-10(5-2)11(9)6-3;/h2*7-8H,4-6H2,1-3H3;. The molecule has 0 N–H and O–H groups in total. The van der Waals surface area contributed by atoms with Crippen molar-refractivity contribution in [3.05, 3.63) is 0 Å². The first-order valence-electron chi connectivity index (χ1n) is 11.1. The van der Waals surface area contributed by atoms with Gasteiger partial charge in [0.15, 0.2) is 0 Å². The van der Waals surface area contributed by atoms with Gasteiger partial charge in [0.05, 0.1) is 0 Å². The van der Waals surface area contributed by atoms with Crippen LogP contribution in [0.4, 0.5) is 0 Å². The van der Waals surface area contributed by atoms with Crippen LogP contribution in [0.3, 0.4) is 0 Å². The van der Waals surface area contributed by atoms with Gasteiger partial charge in [-0.15, -0.1) is 0 Å². The fourth-order valence-electron chi connectivity index (χ4n) is 27.2. The summed E-state index contributed by atoms with van der Waals surface area (Å²) in [5.41, 5.74) is 0. The Labute approximate surface area is 131 Å². The molecule has 0 bridgehead atoms.